The van der Waals surface area contributed by atoms with E-state index in [0.29, 0.717) is 5.69 Å². The summed E-state index contributed by atoms with van der Waals surface area (Å²) in [7, 11) is -2.13. The number of methoxy groups -OCH3 is 1. The Kier molecular flexibility index (Phi) is 7.73. The molecule has 27 heavy (non-hydrogen) atoms. The van der Waals surface area contributed by atoms with Crippen LogP contribution in [-0.2, 0) is 19.6 Å². The quantitative estimate of drug-likeness (QED) is 0.600. The third-order valence-electron chi connectivity index (χ3n) is 3.48. The molecular formula is C19H21BrN2O4S. The summed E-state index contributed by atoms with van der Waals surface area (Å²) in [5.74, 6) is -0.308. The maximum atomic E-state index is 12.3. The predicted octanol–water partition coefficient (Wildman–Crippen LogP) is 3.41. The molecule has 1 amide bonds. The molecule has 2 N–H and O–H groups in total. The molecule has 2 rings (SSSR count). The lowest BCUT2D eigenvalue weighted by Crippen LogP contribution is -2.35. The first-order chi connectivity index (χ1) is 12.8. The van der Waals surface area contributed by atoms with Crippen molar-refractivity contribution in [2.24, 2.45) is 0 Å². The number of sulfonamides is 1. The molecule has 1 atom stereocenters. The first kappa shape index (κ1) is 21.3. The van der Waals surface area contributed by atoms with Gasteiger partial charge in [-0.2, -0.15) is 0 Å². The van der Waals surface area contributed by atoms with E-state index in [4.69, 9.17) is 4.74 Å². The molecule has 0 bridgehead atoms. The molecule has 0 aliphatic heterocycles. The molecule has 2 aromatic rings. The van der Waals surface area contributed by atoms with Crippen molar-refractivity contribution in [2.45, 2.75) is 17.9 Å². The predicted molar refractivity (Wildman–Crippen MR) is 110 cm³/mol. The van der Waals surface area contributed by atoms with Crippen LogP contribution in [0, 0.1) is 0 Å². The maximum absolute atomic E-state index is 12.3. The number of hydrogen-bond acceptors (Lipinski definition) is 4. The average Bonchev–Trinajstić information content (AvgIpc) is 2.60. The van der Waals surface area contributed by atoms with Gasteiger partial charge < -0.3 is 10.1 Å². The Morgan fingerprint density at radius 3 is 2.56 bits per heavy atom. The van der Waals surface area contributed by atoms with Crippen molar-refractivity contribution < 1.29 is 17.9 Å². The summed E-state index contributed by atoms with van der Waals surface area (Å²) in [6.07, 6.45) is 3.11. The van der Waals surface area contributed by atoms with Crippen LogP contribution in [0.25, 0.3) is 6.08 Å². The monoisotopic (exact) mass is 452 g/mol. The first-order valence-electron chi connectivity index (χ1n) is 8.16. The topological polar surface area (TPSA) is 84.5 Å². The van der Waals surface area contributed by atoms with Crippen molar-refractivity contribution in [2.75, 3.05) is 19.0 Å². The lowest BCUT2D eigenvalue weighted by Gasteiger charge is -2.13. The molecule has 0 saturated carbocycles. The van der Waals surface area contributed by atoms with Crippen LogP contribution in [-0.4, -0.2) is 34.1 Å². The summed E-state index contributed by atoms with van der Waals surface area (Å²) in [4.78, 5) is 12.1. The van der Waals surface area contributed by atoms with E-state index in [0.717, 1.165) is 10.0 Å². The van der Waals surface area contributed by atoms with Crippen molar-refractivity contribution in [3.63, 3.8) is 0 Å². The molecule has 0 saturated heterocycles. The smallest absolute Gasteiger partial charge is 0.248 e. The molecule has 0 spiro atoms. The number of carbonyl (C=O) groups is 1. The number of carbonyl (C=O) groups excluding carboxylic acids is 1. The Hall–Kier alpha value is -2.00. The van der Waals surface area contributed by atoms with E-state index >= 15 is 0 Å². The lowest BCUT2D eigenvalue weighted by atomic mass is 10.2. The van der Waals surface area contributed by atoms with Gasteiger partial charge in [-0.1, -0.05) is 28.1 Å². The average molecular weight is 453 g/mol. The van der Waals surface area contributed by atoms with Gasteiger partial charge in [0, 0.05) is 29.4 Å². The third kappa shape index (κ3) is 6.91. The SMILES string of the molecule is COCC(C)NS(=O)(=O)c1ccc(NC(=O)/C=C/c2cccc(Br)c2)cc1. The number of halogens is 1. The maximum Gasteiger partial charge on any atom is 0.248 e. The molecule has 0 fully saturated rings. The van der Waals surface area contributed by atoms with Crippen molar-refractivity contribution in [3.8, 4) is 0 Å². The van der Waals surface area contributed by atoms with Crippen molar-refractivity contribution in [3.05, 3.63) is 64.6 Å². The second-order valence-corrected chi connectivity index (χ2v) is 8.51. The zero-order valence-corrected chi connectivity index (χ0v) is 17.4. The Morgan fingerprint density at radius 1 is 1.22 bits per heavy atom. The lowest BCUT2D eigenvalue weighted by molar-refractivity contribution is -0.111. The summed E-state index contributed by atoms with van der Waals surface area (Å²) in [6.45, 7) is 1.99. The van der Waals surface area contributed by atoms with E-state index in [1.54, 1.807) is 25.1 Å². The minimum atomic E-state index is -3.64. The van der Waals surface area contributed by atoms with Crippen LogP contribution in [0.5, 0.6) is 0 Å². The van der Waals surface area contributed by atoms with Gasteiger partial charge in [-0.05, 0) is 55.0 Å². The Labute approximate surface area is 167 Å². The van der Waals surface area contributed by atoms with Crippen molar-refractivity contribution >= 4 is 43.6 Å². The fourth-order valence-electron chi connectivity index (χ4n) is 2.30. The summed E-state index contributed by atoms with van der Waals surface area (Å²) in [5, 5.41) is 2.69. The second kappa shape index (κ2) is 9.80. The number of benzene rings is 2. The van der Waals surface area contributed by atoms with E-state index in [1.165, 1.54) is 25.3 Å². The standard InChI is InChI=1S/C19H21BrN2O4S/c1-14(13-26-2)22-27(24,25)18-9-7-17(8-10-18)21-19(23)11-6-15-4-3-5-16(20)12-15/h3-12,14,22H,13H2,1-2H3,(H,21,23)/b11-6+. The van der Waals surface area contributed by atoms with Gasteiger partial charge in [0.15, 0.2) is 0 Å². The van der Waals surface area contributed by atoms with Gasteiger partial charge in [-0.25, -0.2) is 13.1 Å². The molecule has 0 aliphatic rings. The number of nitrogens with one attached hydrogen (secondary N) is 2. The van der Waals surface area contributed by atoms with Crippen molar-refractivity contribution in [1.82, 2.24) is 4.72 Å². The van der Waals surface area contributed by atoms with E-state index in [1.807, 2.05) is 24.3 Å². The Morgan fingerprint density at radius 2 is 1.93 bits per heavy atom. The van der Waals surface area contributed by atoms with Crippen LogP contribution in [0.2, 0.25) is 0 Å². The van der Waals surface area contributed by atoms with Gasteiger partial charge in [0.05, 0.1) is 11.5 Å². The van der Waals surface area contributed by atoms with E-state index in [9.17, 15) is 13.2 Å². The zero-order valence-electron chi connectivity index (χ0n) is 15.0. The molecule has 0 aliphatic carbocycles. The summed E-state index contributed by atoms with van der Waals surface area (Å²) in [5.41, 5.74) is 1.39. The molecule has 8 heteroatoms. The van der Waals surface area contributed by atoms with Crippen molar-refractivity contribution in [1.29, 1.82) is 0 Å². The van der Waals surface area contributed by atoms with Crippen LogP contribution in [0.1, 0.15) is 12.5 Å². The number of amides is 1. The van der Waals surface area contributed by atoms with Crippen LogP contribution < -0.4 is 10.0 Å². The molecule has 0 aromatic heterocycles. The normalized spacial score (nSPS) is 12.9. The fourth-order valence-corrected chi connectivity index (χ4v) is 3.95. The van der Waals surface area contributed by atoms with Gasteiger partial charge >= 0.3 is 0 Å². The second-order valence-electron chi connectivity index (χ2n) is 5.88. The zero-order chi connectivity index (χ0) is 19.9. The Balaban J connectivity index is 1.99. The highest BCUT2D eigenvalue weighted by molar-refractivity contribution is 9.10. The molecular weight excluding hydrogens is 432 g/mol. The van der Waals surface area contributed by atoms with E-state index in [2.05, 4.69) is 26.0 Å². The van der Waals surface area contributed by atoms with Gasteiger partial charge in [0.2, 0.25) is 15.9 Å². The van der Waals surface area contributed by atoms with Crippen LogP contribution in [0.3, 0.4) is 0 Å². The van der Waals surface area contributed by atoms with Gasteiger partial charge in [0.1, 0.15) is 0 Å². The van der Waals surface area contributed by atoms with Crippen LogP contribution in [0.15, 0.2) is 64.0 Å². The molecule has 144 valence electrons. The summed E-state index contributed by atoms with van der Waals surface area (Å²) in [6, 6.07) is 13.2. The summed E-state index contributed by atoms with van der Waals surface area (Å²) >= 11 is 3.37. The van der Waals surface area contributed by atoms with Gasteiger partial charge in [-0.3, -0.25) is 4.79 Å². The van der Waals surface area contributed by atoms with Gasteiger partial charge in [0.25, 0.3) is 0 Å². The highest BCUT2D eigenvalue weighted by atomic mass is 79.9. The van der Waals surface area contributed by atoms with Crippen LogP contribution in [0.4, 0.5) is 5.69 Å². The molecule has 1 unspecified atom stereocenters. The molecule has 6 nitrogen and oxygen atoms in total. The Bertz CT molecular complexity index is 912. The number of ether oxygens (including phenoxy) is 1. The highest BCUT2D eigenvalue weighted by Gasteiger charge is 2.17. The van der Waals surface area contributed by atoms with E-state index < -0.39 is 10.0 Å². The summed E-state index contributed by atoms with van der Waals surface area (Å²) < 4.78 is 32.9. The van der Waals surface area contributed by atoms with E-state index in [-0.39, 0.29) is 23.5 Å². The fraction of sp³-hybridized carbons (Fsp3) is 0.211. The number of rotatable bonds is 8. The van der Waals surface area contributed by atoms with Gasteiger partial charge in [-0.15, -0.1) is 0 Å². The largest absolute Gasteiger partial charge is 0.383 e. The minimum absolute atomic E-state index is 0.119. The number of anilines is 1. The molecule has 0 heterocycles. The molecule has 0 radical (unpaired) electrons. The first-order valence-corrected chi connectivity index (χ1v) is 10.4. The van der Waals surface area contributed by atoms with Crippen LogP contribution >= 0.6 is 15.9 Å². The number of hydrogen-bond donors (Lipinski definition) is 2. The third-order valence-corrected chi connectivity index (χ3v) is 5.58. The molecule has 2 aromatic carbocycles. The highest BCUT2D eigenvalue weighted by Crippen LogP contribution is 2.15. The minimum Gasteiger partial charge on any atom is -0.383 e.